The fraction of sp³-hybridized carbons (Fsp3) is 0.200. The van der Waals surface area contributed by atoms with E-state index >= 15 is 0 Å². The van der Waals surface area contributed by atoms with Crippen LogP contribution in [0.4, 0.5) is 11.4 Å². The van der Waals surface area contributed by atoms with Crippen LogP contribution in [0, 0.1) is 20.2 Å². The molecule has 0 aliphatic carbocycles. The van der Waals surface area contributed by atoms with Crippen LogP contribution < -0.4 is 14.2 Å². The van der Waals surface area contributed by atoms with Gasteiger partial charge in [0.05, 0.1) is 30.1 Å². The topological polar surface area (TPSA) is 114 Å². The van der Waals surface area contributed by atoms with E-state index in [9.17, 15) is 20.2 Å². The Hall–Kier alpha value is -3.36. The van der Waals surface area contributed by atoms with Crippen molar-refractivity contribution in [3.63, 3.8) is 0 Å². The molecule has 2 aromatic rings. The van der Waals surface area contributed by atoms with Crippen molar-refractivity contribution in [2.24, 2.45) is 0 Å². The zero-order valence-electron chi connectivity index (χ0n) is 12.9. The third-order valence-electron chi connectivity index (χ3n) is 3.19. The van der Waals surface area contributed by atoms with Gasteiger partial charge in [-0.1, -0.05) is 6.07 Å². The van der Waals surface area contributed by atoms with Crippen molar-refractivity contribution in [2.45, 2.75) is 6.61 Å². The Morgan fingerprint density at radius 1 is 0.875 bits per heavy atom. The minimum atomic E-state index is -0.547. The highest BCUT2D eigenvalue weighted by molar-refractivity contribution is 5.50. The minimum absolute atomic E-state index is 0.0268. The van der Waals surface area contributed by atoms with E-state index in [1.807, 2.05) is 0 Å². The van der Waals surface area contributed by atoms with Gasteiger partial charge in [0.25, 0.3) is 5.69 Å². The van der Waals surface area contributed by atoms with Crippen LogP contribution in [0.3, 0.4) is 0 Å². The van der Waals surface area contributed by atoms with Crippen LogP contribution in [0.15, 0.2) is 36.4 Å². The van der Waals surface area contributed by atoms with E-state index in [4.69, 9.17) is 14.2 Å². The highest BCUT2D eigenvalue weighted by Gasteiger charge is 2.16. The molecule has 24 heavy (non-hydrogen) atoms. The zero-order valence-corrected chi connectivity index (χ0v) is 12.9. The summed E-state index contributed by atoms with van der Waals surface area (Å²) < 4.78 is 15.5. The van der Waals surface area contributed by atoms with Crippen LogP contribution in [-0.4, -0.2) is 24.1 Å². The summed E-state index contributed by atoms with van der Waals surface area (Å²) in [7, 11) is 2.71. The standard InChI is InChI=1S/C15H14N2O7/c1-22-13-5-3-10(7-12(13)17(20)21)9-24-14-6-4-11(16(18)19)8-15(14)23-2/h3-8H,9H2,1-2H3. The molecule has 0 saturated heterocycles. The van der Waals surface area contributed by atoms with E-state index < -0.39 is 9.85 Å². The van der Waals surface area contributed by atoms with Crippen LogP contribution >= 0.6 is 0 Å². The Bertz CT molecular complexity index is 776. The monoisotopic (exact) mass is 334 g/mol. The van der Waals surface area contributed by atoms with E-state index in [-0.39, 0.29) is 29.5 Å². The van der Waals surface area contributed by atoms with Crippen LogP contribution in [0.2, 0.25) is 0 Å². The van der Waals surface area contributed by atoms with E-state index in [0.717, 1.165) is 0 Å². The van der Waals surface area contributed by atoms with Gasteiger partial charge < -0.3 is 14.2 Å². The molecule has 0 N–H and O–H groups in total. The lowest BCUT2D eigenvalue weighted by Crippen LogP contribution is -2.00. The maximum atomic E-state index is 11.0. The molecule has 9 nitrogen and oxygen atoms in total. The van der Waals surface area contributed by atoms with Crippen molar-refractivity contribution in [1.29, 1.82) is 0 Å². The molecular formula is C15H14N2O7. The van der Waals surface area contributed by atoms with Crippen LogP contribution in [0.5, 0.6) is 17.2 Å². The second kappa shape index (κ2) is 7.27. The second-order valence-electron chi connectivity index (χ2n) is 4.64. The number of hydrogen-bond acceptors (Lipinski definition) is 7. The number of non-ortho nitro benzene ring substituents is 1. The Balaban J connectivity index is 2.20. The first-order valence-electron chi connectivity index (χ1n) is 6.72. The van der Waals surface area contributed by atoms with Gasteiger partial charge in [0.15, 0.2) is 17.2 Å². The van der Waals surface area contributed by atoms with Gasteiger partial charge in [-0.2, -0.15) is 0 Å². The largest absolute Gasteiger partial charge is 0.493 e. The van der Waals surface area contributed by atoms with Gasteiger partial charge in [0.2, 0.25) is 0 Å². The summed E-state index contributed by atoms with van der Waals surface area (Å²) >= 11 is 0. The maximum absolute atomic E-state index is 11.0. The zero-order chi connectivity index (χ0) is 17.7. The molecule has 0 aromatic heterocycles. The lowest BCUT2D eigenvalue weighted by molar-refractivity contribution is -0.385. The van der Waals surface area contributed by atoms with Crippen molar-refractivity contribution in [3.05, 3.63) is 62.2 Å². The number of nitro groups is 2. The molecule has 0 atom stereocenters. The average Bonchev–Trinajstić information content (AvgIpc) is 2.59. The number of methoxy groups -OCH3 is 2. The summed E-state index contributed by atoms with van der Waals surface area (Å²) in [6.07, 6.45) is 0. The molecular weight excluding hydrogens is 320 g/mol. The molecule has 0 bridgehead atoms. The van der Waals surface area contributed by atoms with Crippen LogP contribution in [-0.2, 0) is 6.61 Å². The number of hydrogen-bond donors (Lipinski definition) is 0. The van der Waals surface area contributed by atoms with Crippen molar-refractivity contribution in [1.82, 2.24) is 0 Å². The van der Waals surface area contributed by atoms with Gasteiger partial charge in [-0.05, 0) is 17.7 Å². The normalized spacial score (nSPS) is 10.1. The summed E-state index contributed by atoms with van der Waals surface area (Å²) in [6, 6.07) is 8.39. The third-order valence-corrected chi connectivity index (χ3v) is 3.19. The number of ether oxygens (including phenoxy) is 3. The fourth-order valence-corrected chi connectivity index (χ4v) is 2.02. The number of benzene rings is 2. The molecule has 2 rings (SSSR count). The van der Waals surface area contributed by atoms with Crippen molar-refractivity contribution in [2.75, 3.05) is 14.2 Å². The first-order chi connectivity index (χ1) is 11.5. The molecule has 0 aliphatic rings. The third kappa shape index (κ3) is 3.69. The highest BCUT2D eigenvalue weighted by atomic mass is 16.6. The smallest absolute Gasteiger partial charge is 0.311 e. The maximum Gasteiger partial charge on any atom is 0.311 e. The Labute approximate surface area is 136 Å². The van der Waals surface area contributed by atoms with Crippen molar-refractivity contribution < 1.29 is 24.1 Å². The summed E-state index contributed by atoms with van der Waals surface area (Å²) in [5.74, 6) is 0.644. The van der Waals surface area contributed by atoms with E-state index in [0.29, 0.717) is 11.3 Å². The molecule has 126 valence electrons. The Kier molecular flexibility index (Phi) is 5.15. The van der Waals surface area contributed by atoms with Gasteiger partial charge in [0.1, 0.15) is 6.61 Å². The van der Waals surface area contributed by atoms with Crippen molar-refractivity contribution in [3.8, 4) is 17.2 Å². The van der Waals surface area contributed by atoms with Gasteiger partial charge >= 0.3 is 5.69 Å². The number of rotatable bonds is 7. The molecule has 0 amide bonds. The Morgan fingerprint density at radius 2 is 1.54 bits per heavy atom. The van der Waals surface area contributed by atoms with Crippen molar-refractivity contribution >= 4 is 11.4 Å². The highest BCUT2D eigenvalue weighted by Crippen LogP contribution is 2.32. The average molecular weight is 334 g/mol. The Morgan fingerprint density at radius 3 is 2.12 bits per heavy atom. The lowest BCUT2D eigenvalue weighted by Gasteiger charge is -2.11. The molecule has 0 spiro atoms. The summed E-state index contributed by atoms with van der Waals surface area (Å²) in [5.41, 5.74) is 0.247. The summed E-state index contributed by atoms with van der Waals surface area (Å²) in [6.45, 7) is 0.0268. The van der Waals surface area contributed by atoms with E-state index in [1.165, 1.54) is 44.6 Å². The number of nitro benzene ring substituents is 2. The van der Waals surface area contributed by atoms with Gasteiger partial charge in [-0.15, -0.1) is 0 Å². The fourth-order valence-electron chi connectivity index (χ4n) is 2.02. The first kappa shape index (κ1) is 17.0. The van der Waals surface area contributed by atoms with Crippen LogP contribution in [0.25, 0.3) is 0 Å². The van der Waals surface area contributed by atoms with Crippen LogP contribution in [0.1, 0.15) is 5.56 Å². The van der Waals surface area contributed by atoms with Gasteiger partial charge in [0, 0.05) is 12.1 Å². The van der Waals surface area contributed by atoms with Gasteiger partial charge in [-0.3, -0.25) is 20.2 Å². The minimum Gasteiger partial charge on any atom is -0.493 e. The molecule has 0 radical (unpaired) electrons. The summed E-state index contributed by atoms with van der Waals surface area (Å²) in [4.78, 5) is 20.7. The molecule has 2 aromatic carbocycles. The molecule has 9 heteroatoms. The van der Waals surface area contributed by atoms with E-state index in [2.05, 4.69) is 0 Å². The lowest BCUT2D eigenvalue weighted by atomic mass is 10.2. The predicted molar refractivity (Wildman–Crippen MR) is 83.6 cm³/mol. The number of nitrogens with zero attached hydrogens (tertiary/aromatic N) is 2. The molecule has 0 fully saturated rings. The van der Waals surface area contributed by atoms with Gasteiger partial charge in [-0.25, -0.2) is 0 Å². The predicted octanol–water partition coefficient (Wildman–Crippen LogP) is 3.10. The molecule has 0 unspecified atom stereocenters. The second-order valence-corrected chi connectivity index (χ2v) is 4.64. The first-order valence-corrected chi connectivity index (χ1v) is 6.72. The molecule has 0 aliphatic heterocycles. The summed E-state index contributed by atoms with van der Waals surface area (Å²) in [5, 5.41) is 21.8. The molecule has 0 saturated carbocycles. The quantitative estimate of drug-likeness (QED) is 0.564. The molecule has 0 heterocycles. The SMILES string of the molecule is COc1cc([N+](=O)[O-])ccc1OCc1ccc(OC)c([N+](=O)[O-])c1. The van der Waals surface area contributed by atoms with E-state index in [1.54, 1.807) is 6.07 Å².